The number of ketones is 1. The maximum Gasteiger partial charge on any atom is 0.185 e. The molecule has 2 aromatic carbocycles. The highest BCUT2D eigenvalue weighted by atomic mass is 16.3. The third kappa shape index (κ3) is 2.89. The fraction of sp³-hybridized carbons (Fsp3) is 0. The molecule has 0 spiro atoms. The molecule has 20 heavy (non-hydrogen) atoms. The second kappa shape index (κ2) is 5.36. The first kappa shape index (κ1) is 13.5. The molecule has 5 nitrogen and oxygen atoms in total. The Labute approximate surface area is 114 Å². The summed E-state index contributed by atoms with van der Waals surface area (Å²) in [5, 5.41) is 37.4. The quantitative estimate of drug-likeness (QED) is 0.508. The van der Waals surface area contributed by atoms with Gasteiger partial charge in [0, 0.05) is 17.7 Å². The Balaban J connectivity index is 2.25. The van der Waals surface area contributed by atoms with Gasteiger partial charge < -0.3 is 20.4 Å². The zero-order chi connectivity index (χ0) is 14.7. The van der Waals surface area contributed by atoms with Crippen LogP contribution < -0.4 is 0 Å². The maximum atomic E-state index is 11.8. The molecule has 102 valence electrons. The van der Waals surface area contributed by atoms with E-state index < -0.39 is 0 Å². The van der Waals surface area contributed by atoms with E-state index in [1.807, 2.05) is 0 Å². The van der Waals surface area contributed by atoms with E-state index in [-0.39, 0.29) is 34.3 Å². The molecule has 0 saturated heterocycles. The van der Waals surface area contributed by atoms with Crippen LogP contribution in [0.3, 0.4) is 0 Å². The van der Waals surface area contributed by atoms with Gasteiger partial charge in [-0.2, -0.15) is 0 Å². The first-order valence-corrected chi connectivity index (χ1v) is 5.74. The van der Waals surface area contributed by atoms with E-state index in [1.165, 1.54) is 36.4 Å². The molecule has 4 N–H and O–H groups in total. The van der Waals surface area contributed by atoms with E-state index >= 15 is 0 Å². The molecule has 0 aromatic heterocycles. The fourth-order valence-electron chi connectivity index (χ4n) is 1.66. The van der Waals surface area contributed by atoms with E-state index in [0.29, 0.717) is 5.56 Å². The lowest BCUT2D eigenvalue weighted by molar-refractivity contribution is 0.104. The van der Waals surface area contributed by atoms with Gasteiger partial charge in [0.05, 0.1) is 5.56 Å². The van der Waals surface area contributed by atoms with Crippen molar-refractivity contribution in [3.05, 3.63) is 53.6 Å². The number of phenols is 4. The number of carbonyl (C=O) groups is 1. The monoisotopic (exact) mass is 272 g/mol. The third-order valence-corrected chi connectivity index (χ3v) is 2.67. The van der Waals surface area contributed by atoms with Crippen molar-refractivity contribution in [1.82, 2.24) is 0 Å². The van der Waals surface area contributed by atoms with Crippen LogP contribution in [0.25, 0.3) is 6.08 Å². The normalized spacial score (nSPS) is 10.8. The Bertz CT molecular complexity index is 648. The topological polar surface area (TPSA) is 98.0 Å². The number of phenolic OH excluding ortho intramolecular Hbond substituents is 4. The van der Waals surface area contributed by atoms with E-state index in [9.17, 15) is 15.0 Å². The average Bonchev–Trinajstić information content (AvgIpc) is 2.38. The molecule has 0 radical (unpaired) electrons. The van der Waals surface area contributed by atoms with Gasteiger partial charge in [0.25, 0.3) is 0 Å². The summed E-state index contributed by atoms with van der Waals surface area (Å²) >= 11 is 0. The second-order valence-electron chi connectivity index (χ2n) is 4.14. The van der Waals surface area contributed by atoms with E-state index in [4.69, 9.17) is 10.2 Å². The van der Waals surface area contributed by atoms with Crippen LogP contribution in [0.1, 0.15) is 15.9 Å². The van der Waals surface area contributed by atoms with Crippen molar-refractivity contribution in [2.24, 2.45) is 0 Å². The largest absolute Gasteiger partial charge is 0.508 e. The number of aromatic hydroxyl groups is 4. The molecule has 2 rings (SSSR count). The highest BCUT2D eigenvalue weighted by Crippen LogP contribution is 2.32. The average molecular weight is 272 g/mol. The van der Waals surface area contributed by atoms with Crippen LogP contribution >= 0.6 is 0 Å². The van der Waals surface area contributed by atoms with Gasteiger partial charge in [0.15, 0.2) is 5.78 Å². The summed E-state index contributed by atoms with van der Waals surface area (Å²) in [5.74, 6) is -1.24. The Kier molecular flexibility index (Phi) is 3.61. The maximum absolute atomic E-state index is 11.8. The highest BCUT2D eigenvalue weighted by molar-refractivity contribution is 6.07. The number of benzene rings is 2. The summed E-state index contributed by atoms with van der Waals surface area (Å²) in [7, 11) is 0. The number of rotatable bonds is 3. The predicted molar refractivity (Wildman–Crippen MR) is 72.9 cm³/mol. The molecule has 0 aliphatic carbocycles. The third-order valence-electron chi connectivity index (χ3n) is 2.67. The lowest BCUT2D eigenvalue weighted by Gasteiger charge is -2.03. The summed E-state index contributed by atoms with van der Waals surface area (Å²) in [6.07, 6.45) is 2.43. The van der Waals surface area contributed by atoms with Gasteiger partial charge in [0.2, 0.25) is 0 Å². The van der Waals surface area contributed by atoms with Crippen molar-refractivity contribution in [3.8, 4) is 23.0 Å². The molecular weight excluding hydrogens is 260 g/mol. The van der Waals surface area contributed by atoms with Gasteiger partial charge in [-0.05, 0) is 36.4 Å². The highest BCUT2D eigenvalue weighted by Gasteiger charge is 2.08. The Morgan fingerprint density at radius 2 is 1.40 bits per heavy atom. The summed E-state index contributed by atoms with van der Waals surface area (Å²) in [4.78, 5) is 11.8. The van der Waals surface area contributed by atoms with E-state index in [1.54, 1.807) is 0 Å². The van der Waals surface area contributed by atoms with Crippen molar-refractivity contribution in [3.63, 3.8) is 0 Å². The van der Waals surface area contributed by atoms with Gasteiger partial charge in [-0.25, -0.2) is 0 Å². The fourth-order valence-corrected chi connectivity index (χ4v) is 1.66. The van der Waals surface area contributed by atoms with Gasteiger partial charge in [-0.1, -0.05) is 0 Å². The van der Waals surface area contributed by atoms with Gasteiger partial charge >= 0.3 is 0 Å². The van der Waals surface area contributed by atoms with Crippen LogP contribution in [0.2, 0.25) is 0 Å². The van der Waals surface area contributed by atoms with Crippen molar-refractivity contribution < 1.29 is 25.2 Å². The van der Waals surface area contributed by atoms with Crippen molar-refractivity contribution in [2.45, 2.75) is 0 Å². The Morgan fingerprint density at radius 3 is 1.95 bits per heavy atom. The summed E-state index contributed by atoms with van der Waals surface area (Å²) in [6, 6.07) is 7.80. The molecule has 0 saturated carbocycles. The van der Waals surface area contributed by atoms with Crippen molar-refractivity contribution in [2.75, 3.05) is 0 Å². The molecule has 0 atom stereocenters. The molecule has 0 aliphatic heterocycles. The first-order chi connectivity index (χ1) is 9.47. The number of carbonyl (C=O) groups excluding carboxylic acids is 1. The van der Waals surface area contributed by atoms with Crippen LogP contribution in [0.4, 0.5) is 0 Å². The zero-order valence-corrected chi connectivity index (χ0v) is 10.3. The molecule has 0 amide bonds. The minimum absolute atomic E-state index is 0.0370. The number of allylic oxidation sites excluding steroid dienone is 1. The molecule has 2 aromatic rings. The second-order valence-corrected chi connectivity index (χ2v) is 4.14. The standard InChI is InChI=1S/C15H12O5/c16-10-3-1-9(2-4-10)13(18)6-5-12-14(19)7-11(17)8-15(12)20/h1-8,16-17,19-20H. The first-order valence-electron chi connectivity index (χ1n) is 5.74. The SMILES string of the molecule is O=C(C=Cc1c(O)cc(O)cc1O)c1ccc(O)cc1. The number of hydrogen-bond acceptors (Lipinski definition) is 5. The van der Waals surface area contributed by atoms with Crippen LogP contribution in [-0.2, 0) is 0 Å². The van der Waals surface area contributed by atoms with Crippen molar-refractivity contribution in [1.29, 1.82) is 0 Å². The molecule has 0 unspecified atom stereocenters. The molecule has 5 heteroatoms. The summed E-state index contributed by atoms with van der Waals surface area (Å²) in [5.41, 5.74) is 0.395. The van der Waals surface area contributed by atoms with Gasteiger partial charge in [-0.15, -0.1) is 0 Å². The van der Waals surface area contributed by atoms with E-state index in [2.05, 4.69) is 0 Å². The van der Waals surface area contributed by atoms with Crippen molar-refractivity contribution >= 4 is 11.9 Å². The molecule has 0 aliphatic rings. The molecule has 0 fully saturated rings. The number of hydrogen-bond donors (Lipinski definition) is 4. The Hall–Kier alpha value is -2.95. The van der Waals surface area contributed by atoms with Gasteiger partial charge in [-0.3, -0.25) is 4.79 Å². The predicted octanol–water partition coefficient (Wildman–Crippen LogP) is 2.41. The minimum atomic E-state index is -0.350. The lowest BCUT2D eigenvalue weighted by Crippen LogP contribution is -1.93. The van der Waals surface area contributed by atoms with E-state index in [0.717, 1.165) is 12.1 Å². The summed E-state index contributed by atoms with van der Waals surface area (Å²) in [6.45, 7) is 0. The smallest absolute Gasteiger partial charge is 0.185 e. The van der Waals surface area contributed by atoms with Crippen LogP contribution in [0.5, 0.6) is 23.0 Å². The molecular formula is C15H12O5. The zero-order valence-electron chi connectivity index (χ0n) is 10.3. The van der Waals surface area contributed by atoms with Crippen LogP contribution in [0, 0.1) is 0 Å². The summed E-state index contributed by atoms with van der Waals surface area (Å²) < 4.78 is 0. The Morgan fingerprint density at radius 1 is 0.850 bits per heavy atom. The lowest BCUT2D eigenvalue weighted by atomic mass is 10.1. The van der Waals surface area contributed by atoms with Crippen LogP contribution in [-0.4, -0.2) is 26.2 Å². The minimum Gasteiger partial charge on any atom is -0.508 e. The molecule has 0 heterocycles. The van der Waals surface area contributed by atoms with Gasteiger partial charge in [0.1, 0.15) is 23.0 Å². The van der Waals surface area contributed by atoms with Crippen LogP contribution in [0.15, 0.2) is 42.5 Å². The molecule has 0 bridgehead atoms.